The summed E-state index contributed by atoms with van der Waals surface area (Å²) in [5, 5.41) is 13.5. The van der Waals surface area contributed by atoms with Crippen molar-refractivity contribution >= 4 is 17.2 Å². The van der Waals surface area contributed by atoms with Crippen molar-refractivity contribution in [3.05, 3.63) is 21.9 Å². The highest BCUT2D eigenvalue weighted by molar-refractivity contribution is 7.10. The Labute approximate surface area is 110 Å². The molecule has 0 aliphatic carbocycles. The molecule has 2 heterocycles. The molecule has 0 radical (unpaired) electrons. The van der Waals surface area contributed by atoms with Crippen LogP contribution in [-0.2, 0) is 16.1 Å². The highest BCUT2D eigenvalue weighted by atomic mass is 32.1. The van der Waals surface area contributed by atoms with Gasteiger partial charge in [0.15, 0.2) is 0 Å². The van der Waals surface area contributed by atoms with E-state index < -0.39 is 0 Å². The molecule has 1 aromatic heterocycles. The minimum atomic E-state index is -0.152. The van der Waals surface area contributed by atoms with Crippen LogP contribution in [0.5, 0.6) is 0 Å². The summed E-state index contributed by atoms with van der Waals surface area (Å²) in [5.74, 6) is 5.51. The predicted octanol–water partition coefficient (Wildman–Crippen LogP) is 0.745. The van der Waals surface area contributed by atoms with E-state index in [9.17, 15) is 4.79 Å². The third-order valence-corrected chi connectivity index (χ3v) is 3.69. The summed E-state index contributed by atoms with van der Waals surface area (Å²) in [6, 6.07) is 1.90. The lowest BCUT2D eigenvalue weighted by atomic mass is 10.1. The van der Waals surface area contributed by atoms with Gasteiger partial charge in [-0.2, -0.15) is 0 Å². The van der Waals surface area contributed by atoms with E-state index in [1.807, 2.05) is 11.4 Å². The molecule has 5 heteroatoms. The quantitative estimate of drug-likeness (QED) is 0.793. The van der Waals surface area contributed by atoms with Crippen molar-refractivity contribution in [3.8, 4) is 11.8 Å². The Bertz CT molecular complexity index is 466. The SMILES string of the molecule is O=C(NCc1sccc1C#CCO)C1CCOC1. The van der Waals surface area contributed by atoms with E-state index in [4.69, 9.17) is 9.84 Å². The zero-order valence-corrected chi connectivity index (χ0v) is 10.8. The number of aliphatic hydroxyl groups is 1. The second-order valence-electron chi connectivity index (χ2n) is 4.00. The number of carbonyl (C=O) groups is 1. The largest absolute Gasteiger partial charge is 0.384 e. The molecule has 0 aromatic carbocycles. The van der Waals surface area contributed by atoms with Gasteiger partial charge in [0.2, 0.25) is 5.91 Å². The summed E-state index contributed by atoms with van der Waals surface area (Å²) < 4.78 is 5.18. The van der Waals surface area contributed by atoms with Crippen LogP contribution in [0.3, 0.4) is 0 Å². The molecular weight excluding hydrogens is 250 g/mol. The molecule has 1 unspecified atom stereocenters. The molecule has 1 aliphatic heterocycles. The van der Waals surface area contributed by atoms with Crippen LogP contribution < -0.4 is 5.32 Å². The van der Waals surface area contributed by atoms with Gasteiger partial charge in [0.05, 0.1) is 19.1 Å². The summed E-state index contributed by atoms with van der Waals surface area (Å²) in [6.45, 7) is 1.53. The van der Waals surface area contributed by atoms with E-state index in [0.29, 0.717) is 19.8 Å². The van der Waals surface area contributed by atoms with Crippen molar-refractivity contribution in [1.82, 2.24) is 5.32 Å². The second kappa shape index (κ2) is 6.55. The monoisotopic (exact) mass is 265 g/mol. The van der Waals surface area contributed by atoms with Crippen LogP contribution in [0.25, 0.3) is 0 Å². The molecule has 4 nitrogen and oxygen atoms in total. The maximum absolute atomic E-state index is 11.8. The van der Waals surface area contributed by atoms with Crippen molar-refractivity contribution in [2.45, 2.75) is 13.0 Å². The van der Waals surface area contributed by atoms with Crippen LogP contribution in [0.2, 0.25) is 0 Å². The summed E-state index contributed by atoms with van der Waals surface area (Å²) in [6.07, 6.45) is 0.799. The first-order valence-electron chi connectivity index (χ1n) is 5.83. The first-order chi connectivity index (χ1) is 8.81. The highest BCUT2D eigenvalue weighted by Crippen LogP contribution is 2.17. The lowest BCUT2D eigenvalue weighted by molar-refractivity contribution is -0.125. The van der Waals surface area contributed by atoms with Crippen LogP contribution in [0, 0.1) is 17.8 Å². The zero-order chi connectivity index (χ0) is 12.8. The van der Waals surface area contributed by atoms with Gasteiger partial charge in [-0.25, -0.2) is 0 Å². The Hall–Kier alpha value is -1.35. The minimum absolute atomic E-state index is 0.0167. The van der Waals surface area contributed by atoms with E-state index >= 15 is 0 Å². The van der Waals surface area contributed by atoms with E-state index in [2.05, 4.69) is 17.2 Å². The van der Waals surface area contributed by atoms with Crippen molar-refractivity contribution in [2.75, 3.05) is 19.8 Å². The molecule has 1 saturated heterocycles. The Morgan fingerprint density at radius 2 is 2.56 bits per heavy atom. The van der Waals surface area contributed by atoms with Gasteiger partial charge in [-0.1, -0.05) is 11.8 Å². The molecule has 96 valence electrons. The molecule has 18 heavy (non-hydrogen) atoms. The van der Waals surface area contributed by atoms with Crippen LogP contribution in [0.15, 0.2) is 11.4 Å². The topological polar surface area (TPSA) is 58.6 Å². The van der Waals surface area contributed by atoms with Crippen LogP contribution in [-0.4, -0.2) is 30.8 Å². The number of carbonyl (C=O) groups excluding carboxylic acids is 1. The second-order valence-corrected chi connectivity index (χ2v) is 5.00. The van der Waals surface area contributed by atoms with Crippen LogP contribution in [0.4, 0.5) is 0 Å². The highest BCUT2D eigenvalue weighted by Gasteiger charge is 2.23. The first-order valence-corrected chi connectivity index (χ1v) is 6.71. The maximum Gasteiger partial charge on any atom is 0.225 e. The van der Waals surface area contributed by atoms with Crippen molar-refractivity contribution in [2.24, 2.45) is 5.92 Å². The normalized spacial score (nSPS) is 18.2. The van der Waals surface area contributed by atoms with Gasteiger partial charge in [0.1, 0.15) is 6.61 Å². The number of nitrogens with one attached hydrogen (secondary N) is 1. The van der Waals surface area contributed by atoms with E-state index in [0.717, 1.165) is 16.9 Å². The Morgan fingerprint density at radius 3 is 3.28 bits per heavy atom. The fourth-order valence-electron chi connectivity index (χ4n) is 1.78. The third kappa shape index (κ3) is 3.33. The van der Waals surface area contributed by atoms with Gasteiger partial charge < -0.3 is 15.2 Å². The molecular formula is C13H15NO3S. The molecule has 0 spiro atoms. The molecule has 0 saturated carbocycles. The molecule has 2 rings (SSSR count). The molecule has 1 amide bonds. The van der Waals surface area contributed by atoms with Gasteiger partial charge in [-0.05, 0) is 17.9 Å². The van der Waals surface area contributed by atoms with Gasteiger partial charge in [-0.3, -0.25) is 4.79 Å². The van der Waals surface area contributed by atoms with Crippen molar-refractivity contribution < 1.29 is 14.6 Å². The number of amides is 1. The third-order valence-electron chi connectivity index (χ3n) is 2.77. The van der Waals surface area contributed by atoms with Gasteiger partial charge in [0.25, 0.3) is 0 Å². The molecule has 1 aromatic rings. The van der Waals surface area contributed by atoms with Gasteiger partial charge in [0, 0.05) is 17.0 Å². The number of thiophene rings is 1. The zero-order valence-electron chi connectivity index (χ0n) is 9.94. The molecule has 1 atom stereocenters. The Morgan fingerprint density at radius 1 is 1.67 bits per heavy atom. The average molecular weight is 265 g/mol. The number of aliphatic hydroxyl groups excluding tert-OH is 1. The molecule has 2 N–H and O–H groups in total. The molecule has 1 aliphatic rings. The summed E-state index contributed by atoms with van der Waals surface area (Å²) >= 11 is 1.55. The lowest BCUT2D eigenvalue weighted by Gasteiger charge is -2.08. The summed E-state index contributed by atoms with van der Waals surface area (Å²) in [5.41, 5.74) is 0.872. The Kier molecular flexibility index (Phi) is 4.76. The fraction of sp³-hybridized carbons (Fsp3) is 0.462. The van der Waals surface area contributed by atoms with E-state index in [-0.39, 0.29) is 18.4 Å². The average Bonchev–Trinajstić information content (AvgIpc) is 3.04. The number of rotatable bonds is 3. The maximum atomic E-state index is 11.8. The van der Waals surface area contributed by atoms with Gasteiger partial charge >= 0.3 is 0 Å². The molecule has 0 bridgehead atoms. The predicted molar refractivity (Wildman–Crippen MR) is 69.1 cm³/mol. The number of ether oxygens (including phenoxy) is 1. The molecule has 1 fully saturated rings. The van der Waals surface area contributed by atoms with Crippen LogP contribution >= 0.6 is 11.3 Å². The van der Waals surface area contributed by atoms with E-state index in [1.54, 1.807) is 11.3 Å². The summed E-state index contributed by atoms with van der Waals surface area (Å²) in [7, 11) is 0. The number of hydrogen-bond donors (Lipinski definition) is 2. The minimum Gasteiger partial charge on any atom is -0.384 e. The van der Waals surface area contributed by atoms with Crippen molar-refractivity contribution in [3.63, 3.8) is 0 Å². The van der Waals surface area contributed by atoms with Gasteiger partial charge in [-0.15, -0.1) is 11.3 Å². The first kappa shape index (κ1) is 13.1. The Balaban J connectivity index is 1.89. The standard InChI is InChI=1S/C13H15NO3S/c15-5-1-2-10-4-7-18-12(10)8-14-13(16)11-3-6-17-9-11/h4,7,11,15H,3,5-6,8-9H2,(H,14,16). The van der Waals surface area contributed by atoms with Crippen LogP contribution in [0.1, 0.15) is 16.9 Å². The van der Waals surface area contributed by atoms with Crippen molar-refractivity contribution in [1.29, 1.82) is 0 Å². The fourth-order valence-corrected chi connectivity index (χ4v) is 2.55. The van der Waals surface area contributed by atoms with E-state index in [1.165, 1.54) is 0 Å². The lowest BCUT2D eigenvalue weighted by Crippen LogP contribution is -2.30. The summed E-state index contributed by atoms with van der Waals surface area (Å²) in [4.78, 5) is 12.8. The smallest absolute Gasteiger partial charge is 0.225 e. The number of hydrogen-bond acceptors (Lipinski definition) is 4.